The van der Waals surface area contributed by atoms with Gasteiger partial charge in [0.1, 0.15) is 22.7 Å². The minimum Gasteiger partial charge on any atom is -0.495 e. The van der Waals surface area contributed by atoms with Crippen LogP contribution in [0.4, 0.5) is 11.5 Å². The number of aromatic nitrogens is 2. The second-order valence-corrected chi connectivity index (χ2v) is 9.67. The number of ether oxygens (including phenoxy) is 1. The number of hydrogen-bond acceptors (Lipinski definition) is 8. The molecule has 0 spiro atoms. The predicted molar refractivity (Wildman–Crippen MR) is 133 cm³/mol. The molecular formula is C24H30N6O2S. The van der Waals surface area contributed by atoms with Crippen molar-refractivity contribution < 1.29 is 9.53 Å². The van der Waals surface area contributed by atoms with Gasteiger partial charge in [0.15, 0.2) is 0 Å². The number of nitrogens with zero attached hydrogens (tertiary/aromatic N) is 6. The lowest BCUT2D eigenvalue weighted by Gasteiger charge is -2.37. The number of piperazine rings is 2. The third kappa shape index (κ3) is 4.11. The fraction of sp³-hybridized carbons (Fsp3) is 0.458. The number of aryl methyl sites for hydroxylation is 1. The van der Waals surface area contributed by atoms with Crippen molar-refractivity contribution in [3.05, 3.63) is 41.0 Å². The van der Waals surface area contributed by atoms with Crippen LogP contribution in [-0.4, -0.2) is 92.2 Å². The summed E-state index contributed by atoms with van der Waals surface area (Å²) in [6.07, 6.45) is 1.63. The Hall–Kier alpha value is -2.91. The Balaban J connectivity index is 1.38. The Morgan fingerprint density at radius 3 is 2.39 bits per heavy atom. The molecule has 5 rings (SSSR count). The van der Waals surface area contributed by atoms with E-state index in [9.17, 15) is 4.79 Å². The van der Waals surface area contributed by atoms with Crippen LogP contribution in [-0.2, 0) is 0 Å². The fourth-order valence-electron chi connectivity index (χ4n) is 4.70. The monoisotopic (exact) mass is 466 g/mol. The van der Waals surface area contributed by atoms with E-state index in [2.05, 4.69) is 37.8 Å². The van der Waals surface area contributed by atoms with E-state index in [0.717, 1.165) is 90.3 Å². The third-order valence-electron chi connectivity index (χ3n) is 6.70. The Bertz CT molecular complexity index is 1150. The van der Waals surface area contributed by atoms with Gasteiger partial charge in [-0.25, -0.2) is 9.97 Å². The van der Waals surface area contributed by atoms with E-state index in [1.54, 1.807) is 13.4 Å². The lowest BCUT2D eigenvalue weighted by atomic mass is 10.1. The number of carbonyl (C=O) groups is 1. The molecule has 174 valence electrons. The number of methoxy groups -OCH3 is 1. The third-order valence-corrected chi connectivity index (χ3v) is 7.88. The largest absolute Gasteiger partial charge is 0.495 e. The summed E-state index contributed by atoms with van der Waals surface area (Å²) in [6.45, 7) is 8.86. The van der Waals surface area contributed by atoms with Crippen LogP contribution in [0.5, 0.6) is 5.75 Å². The van der Waals surface area contributed by atoms with Crippen molar-refractivity contribution in [2.75, 3.05) is 76.3 Å². The van der Waals surface area contributed by atoms with E-state index in [4.69, 9.17) is 4.74 Å². The van der Waals surface area contributed by atoms with Gasteiger partial charge in [0.05, 0.1) is 23.1 Å². The van der Waals surface area contributed by atoms with Crippen LogP contribution < -0.4 is 14.5 Å². The number of carbonyl (C=O) groups excluding carboxylic acids is 1. The maximum Gasteiger partial charge on any atom is 0.264 e. The van der Waals surface area contributed by atoms with Crippen LogP contribution in [0, 0.1) is 6.92 Å². The summed E-state index contributed by atoms with van der Waals surface area (Å²) in [7, 11) is 3.81. The van der Waals surface area contributed by atoms with Crippen LogP contribution in [0.1, 0.15) is 15.2 Å². The molecule has 0 aliphatic carbocycles. The quantitative estimate of drug-likeness (QED) is 0.586. The molecule has 0 radical (unpaired) electrons. The van der Waals surface area contributed by atoms with Gasteiger partial charge in [-0.1, -0.05) is 12.1 Å². The molecule has 3 aromatic rings. The number of rotatable bonds is 4. The summed E-state index contributed by atoms with van der Waals surface area (Å²) in [5, 5.41) is 1.02. The average molecular weight is 467 g/mol. The average Bonchev–Trinajstić information content (AvgIpc) is 3.20. The van der Waals surface area contributed by atoms with Crippen molar-refractivity contribution in [3.63, 3.8) is 0 Å². The van der Waals surface area contributed by atoms with Crippen LogP contribution >= 0.6 is 11.3 Å². The zero-order valence-electron chi connectivity index (χ0n) is 19.5. The number of anilines is 2. The number of thiophene rings is 1. The highest BCUT2D eigenvalue weighted by Crippen LogP contribution is 2.36. The molecule has 0 bridgehead atoms. The molecule has 2 saturated heterocycles. The number of likely N-dealkylation sites (N-methyl/N-ethyl adjacent to an activating group) is 1. The molecule has 8 nitrogen and oxygen atoms in total. The number of amides is 1. The molecule has 1 amide bonds. The molecule has 1 aromatic carbocycles. The van der Waals surface area contributed by atoms with Gasteiger partial charge in [-0.05, 0) is 31.7 Å². The fourth-order valence-corrected chi connectivity index (χ4v) is 5.81. The van der Waals surface area contributed by atoms with Gasteiger partial charge in [-0.2, -0.15) is 0 Å². The van der Waals surface area contributed by atoms with Gasteiger partial charge in [-0.3, -0.25) is 4.79 Å². The van der Waals surface area contributed by atoms with Crippen molar-refractivity contribution in [3.8, 4) is 5.75 Å². The van der Waals surface area contributed by atoms with Gasteiger partial charge >= 0.3 is 0 Å². The number of benzene rings is 1. The second kappa shape index (κ2) is 9.15. The summed E-state index contributed by atoms with van der Waals surface area (Å²) >= 11 is 1.50. The molecule has 0 atom stereocenters. The van der Waals surface area contributed by atoms with Gasteiger partial charge in [-0.15, -0.1) is 11.3 Å². The standard InChI is InChI=1S/C24H30N6O2S/c1-17-20-22(29-14-12-28(13-15-29)18-6-4-5-7-19(18)32-3)25-16-26-23(20)33-21(17)24(31)30-10-8-27(2)9-11-30/h4-7,16H,8-15H2,1-3H3. The summed E-state index contributed by atoms with van der Waals surface area (Å²) in [6, 6.07) is 8.16. The molecule has 33 heavy (non-hydrogen) atoms. The second-order valence-electron chi connectivity index (χ2n) is 8.68. The molecule has 2 aromatic heterocycles. The number of hydrogen-bond donors (Lipinski definition) is 0. The summed E-state index contributed by atoms with van der Waals surface area (Å²) in [5.41, 5.74) is 2.13. The van der Waals surface area contributed by atoms with E-state index in [1.807, 2.05) is 30.0 Å². The zero-order valence-corrected chi connectivity index (χ0v) is 20.3. The van der Waals surface area contributed by atoms with Crippen molar-refractivity contribution in [2.24, 2.45) is 0 Å². The highest BCUT2D eigenvalue weighted by molar-refractivity contribution is 7.20. The number of fused-ring (bicyclic) bond motifs is 1. The molecule has 2 aliphatic heterocycles. The maximum atomic E-state index is 13.3. The Kier molecular flexibility index (Phi) is 6.07. The van der Waals surface area contributed by atoms with Gasteiger partial charge in [0.2, 0.25) is 0 Å². The minimum absolute atomic E-state index is 0.121. The minimum atomic E-state index is 0.121. The Morgan fingerprint density at radius 1 is 0.970 bits per heavy atom. The lowest BCUT2D eigenvalue weighted by Crippen LogP contribution is -2.47. The molecule has 4 heterocycles. The molecule has 0 N–H and O–H groups in total. The van der Waals surface area contributed by atoms with Crippen molar-refractivity contribution in [1.29, 1.82) is 0 Å². The highest BCUT2D eigenvalue weighted by atomic mass is 32.1. The van der Waals surface area contributed by atoms with E-state index in [0.29, 0.717) is 0 Å². The Labute approximate surface area is 198 Å². The van der Waals surface area contributed by atoms with Crippen molar-refractivity contribution in [2.45, 2.75) is 6.92 Å². The first kappa shape index (κ1) is 21.9. The van der Waals surface area contributed by atoms with Crippen LogP contribution in [0.15, 0.2) is 30.6 Å². The van der Waals surface area contributed by atoms with Crippen LogP contribution in [0.25, 0.3) is 10.2 Å². The van der Waals surface area contributed by atoms with E-state index in [-0.39, 0.29) is 5.91 Å². The van der Waals surface area contributed by atoms with E-state index in [1.165, 1.54) is 11.3 Å². The number of para-hydroxylation sites is 2. The van der Waals surface area contributed by atoms with Gasteiger partial charge in [0, 0.05) is 52.4 Å². The first-order valence-electron chi connectivity index (χ1n) is 11.4. The lowest BCUT2D eigenvalue weighted by molar-refractivity contribution is 0.0668. The van der Waals surface area contributed by atoms with Gasteiger partial charge in [0.25, 0.3) is 5.91 Å². The Morgan fingerprint density at radius 2 is 1.67 bits per heavy atom. The first-order valence-corrected chi connectivity index (χ1v) is 12.2. The normalized spacial score (nSPS) is 17.6. The highest BCUT2D eigenvalue weighted by Gasteiger charge is 2.28. The predicted octanol–water partition coefficient (Wildman–Crippen LogP) is 2.72. The molecule has 9 heteroatoms. The van der Waals surface area contributed by atoms with E-state index < -0.39 is 0 Å². The molecule has 2 fully saturated rings. The maximum absolute atomic E-state index is 13.3. The SMILES string of the molecule is COc1ccccc1N1CCN(c2ncnc3sc(C(=O)N4CCN(C)CC4)c(C)c23)CC1. The topological polar surface area (TPSA) is 65.0 Å². The van der Waals surface area contributed by atoms with Gasteiger partial charge < -0.3 is 24.3 Å². The molecule has 2 aliphatic rings. The molecule has 0 unspecified atom stereocenters. The zero-order chi connectivity index (χ0) is 22.9. The van der Waals surface area contributed by atoms with E-state index >= 15 is 0 Å². The first-order chi connectivity index (χ1) is 16.1. The van der Waals surface area contributed by atoms with Crippen LogP contribution in [0.3, 0.4) is 0 Å². The smallest absolute Gasteiger partial charge is 0.264 e. The van der Waals surface area contributed by atoms with Crippen molar-refractivity contribution in [1.82, 2.24) is 19.8 Å². The van der Waals surface area contributed by atoms with Crippen molar-refractivity contribution >= 4 is 39.0 Å². The summed E-state index contributed by atoms with van der Waals surface area (Å²) < 4.78 is 5.55. The van der Waals surface area contributed by atoms with Crippen LogP contribution in [0.2, 0.25) is 0 Å². The summed E-state index contributed by atoms with van der Waals surface area (Å²) in [5.74, 6) is 1.96. The summed E-state index contributed by atoms with van der Waals surface area (Å²) in [4.78, 5) is 33.1. The molecular weight excluding hydrogens is 436 g/mol. The molecule has 0 saturated carbocycles.